The fraction of sp³-hybridized carbons (Fsp3) is 0.269. The van der Waals surface area contributed by atoms with Crippen molar-refractivity contribution in [2.45, 2.75) is 32.7 Å². The smallest absolute Gasteiger partial charge is 0.293 e. The van der Waals surface area contributed by atoms with E-state index in [2.05, 4.69) is 4.98 Å². The van der Waals surface area contributed by atoms with Crippen molar-refractivity contribution in [3.05, 3.63) is 87.7 Å². The summed E-state index contributed by atoms with van der Waals surface area (Å²) in [5.41, 5.74) is 3.35. The van der Waals surface area contributed by atoms with E-state index in [-0.39, 0.29) is 23.7 Å². The number of rotatable bonds is 6. The summed E-state index contributed by atoms with van der Waals surface area (Å²) in [4.78, 5) is 38.1. The number of aryl methyl sites for hydroxylation is 1. The predicted octanol–water partition coefficient (Wildman–Crippen LogP) is 5.75. The number of carbonyl (C=O) groups excluding carboxylic acids is 1. The SMILES string of the molecule is Cc1cccc2sc(N(Cc3ccccn3)C(=O)c3ccc(N4CCCCC4)c([N+](=O)[O-])c3)nc12. The van der Waals surface area contributed by atoms with Crippen molar-refractivity contribution in [2.24, 2.45) is 0 Å². The number of amides is 1. The number of carbonyl (C=O) groups is 1. The van der Waals surface area contributed by atoms with Gasteiger partial charge in [-0.15, -0.1) is 0 Å². The fourth-order valence-corrected chi connectivity index (χ4v) is 5.47. The van der Waals surface area contributed by atoms with Gasteiger partial charge in [-0.25, -0.2) is 4.98 Å². The van der Waals surface area contributed by atoms with Gasteiger partial charge in [0.15, 0.2) is 5.13 Å². The lowest BCUT2D eigenvalue weighted by atomic mass is 10.1. The van der Waals surface area contributed by atoms with Crippen LogP contribution in [0.25, 0.3) is 10.2 Å². The van der Waals surface area contributed by atoms with Crippen LogP contribution in [0.1, 0.15) is 40.9 Å². The summed E-state index contributed by atoms with van der Waals surface area (Å²) >= 11 is 1.42. The van der Waals surface area contributed by atoms with Crippen molar-refractivity contribution in [1.29, 1.82) is 0 Å². The van der Waals surface area contributed by atoms with Gasteiger partial charge in [0, 0.05) is 30.9 Å². The average Bonchev–Trinajstić information content (AvgIpc) is 3.33. The summed E-state index contributed by atoms with van der Waals surface area (Å²) in [6, 6.07) is 16.3. The zero-order valence-corrected chi connectivity index (χ0v) is 20.2. The summed E-state index contributed by atoms with van der Waals surface area (Å²) in [5.74, 6) is -0.347. The van der Waals surface area contributed by atoms with Crippen LogP contribution in [-0.4, -0.2) is 33.9 Å². The first-order valence-corrected chi connectivity index (χ1v) is 12.4. The lowest BCUT2D eigenvalue weighted by molar-refractivity contribution is -0.384. The standard InChI is InChI=1S/C26H25N5O3S/c1-18-8-7-10-23-24(18)28-26(35-23)30(17-20-9-3-4-13-27-20)25(32)19-11-12-21(22(16-19)31(33)34)29-14-5-2-6-15-29/h3-4,7-13,16H,2,5-6,14-15,17H2,1H3. The van der Waals surface area contributed by atoms with Gasteiger partial charge in [0.1, 0.15) is 5.69 Å². The molecule has 5 rings (SSSR count). The number of pyridine rings is 1. The summed E-state index contributed by atoms with van der Waals surface area (Å²) in [6.45, 7) is 3.76. The van der Waals surface area contributed by atoms with Gasteiger partial charge in [0.25, 0.3) is 11.6 Å². The first-order chi connectivity index (χ1) is 17.0. The van der Waals surface area contributed by atoms with Crippen LogP contribution >= 0.6 is 11.3 Å². The van der Waals surface area contributed by atoms with Crippen LogP contribution in [0, 0.1) is 17.0 Å². The van der Waals surface area contributed by atoms with Crippen LogP contribution in [0.4, 0.5) is 16.5 Å². The van der Waals surface area contributed by atoms with Gasteiger partial charge in [-0.05, 0) is 62.1 Å². The number of hydrogen-bond acceptors (Lipinski definition) is 7. The number of nitro benzene ring substituents is 1. The quantitative estimate of drug-likeness (QED) is 0.254. The Labute approximate surface area is 207 Å². The minimum Gasteiger partial charge on any atom is -0.366 e. The van der Waals surface area contributed by atoms with Gasteiger partial charge in [-0.2, -0.15) is 0 Å². The Balaban J connectivity index is 1.55. The minimum atomic E-state index is -0.398. The summed E-state index contributed by atoms with van der Waals surface area (Å²) < 4.78 is 0.977. The molecule has 0 atom stereocenters. The molecule has 1 saturated heterocycles. The molecule has 0 aliphatic carbocycles. The van der Waals surface area contributed by atoms with Crippen LogP contribution in [-0.2, 0) is 6.54 Å². The molecule has 4 aromatic rings. The van der Waals surface area contributed by atoms with E-state index in [1.54, 1.807) is 23.2 Å². The monoisotopic (exact) mass is 487 g/mol. The third kappa shape index (κ3) is 4.72. The van der Waals surface area contributed by atoms with Crippen molar-refractivity contribution in [3.8, 4) is 0 Å². The number of aromatic nitrogens is 2. The van der Waals surface area contributed by atoms with E-state index in [4.69, 9.17) is 4.98 Å². The third-order valence-electron chi connectivity index (χ3n) is 6.25. The number of para-hydroxylation sites is 1. The van der Waals surface area contributed by atoms with E-state index in [0.717, 1.165) is 48.1 Å². The third-order valence-corrected chi connectivity index (χ3v) is 7.29. The van der Waals surface area contributed by atoms with E-state index < -0.39 is 4.92 Å². The number of hydrogen-bond donors (Lipinski definition) is 0. The van der Waals surface area contributed by atoms with Gasteiger partial charge in [-0.1, -0.05) is 29.5 Å². The molecule has 0 bridgehead atoms. The van der Waals surface area contributed by atoms with E-state index in [9.17, 15) is 14.9 Å². The highest BCUT2D eigenvalue weighted by Crippen LogP contribution is 2.35. The maximum absolute atomic E-state index is 13.8. The van der Waals surface area contributed by atoms with Gasteiger partial charge < -0.3 is 4.90 Å². The number of thiazole rings is 1. The van der Waals surface area contributed by atoms with Gasteiger partial charge >= 0.3 is 0 Å². The molecule has 0 spiro atoms. The molecule has 2 aromatic carbocycles. The Morgan fingerprint density at radius 3 is 2.66 bits per heavy atom. The molecule has 2 aromatic heterocycles. The molecule has 35 heavy (non-hydrogen) atoms. The highest BCUT2D eigenvalue weighted by Gasteiger charge is 2.27. The summed E-state index contributed by atoms with van der Waals surface area (Å²) in [6.07, 6.45) is 4.82. The summed E-state index contributed by atoms with van der Waals surface area (Å²) in [5, 5.41) is 12.5. The van der Waals surface area contributed by atoms with Crippen molar-refractivity contribution in [3.63, 3.8) is 0 Å². The van der Waals surface area contributed by atoms with Crippen molar-refractivity contribution in [1.82, 2.24) is 9.97 Å². The van der Waals surface area contributed by atoms with Crippen molar-refractivity contribution in [2.75, 3.05) is 22.9 Å². The topological polar surface area (TPSA) is 92.5 Å². The van der Waals surface area contributed by atoms with Crippen LogP contribution in [0.3, 0.4) is 0 Å². The number of piperidine rings is 1. The molecular weight excluding hydrogens is 462 g/mol. The number of nitrogens with zero attached hydrogens (tertiary/aromatic N) is 5. The lowest BCUT2D eigenvalue weighted by Gasteiger charge is -2.28. The molecule has 0 saturated carbocycles. The Hall–Kier alpha value is -3.85. The molecule has 0 unspecified atom stereocenters. The maximum Gasteiger partial charge on any atom is 0.293 e. The van der Waals surface area contributed by atoms with Crippen LogP contribution in [0.5, 0.6) is 0 Å². The molecule has 1 aliphatic rings. The predicted molar refractivity (Wildman–Crippen MR) is 138 cm³/mol. The molecule has 1 aliphatic heterocycles. The second-order valence-electron chi connectivity index (χ2n) is 8.64. The van der Waals surface area contributed by atoms with E-state index >= 15 is 0 Å². The number of benzene rings is 2. The number of nitro groups is 1. The zero-order valence-electron chi connectivity index (χ0n) is 19.4. The molecule has 1 fully saturated rings. The van der Waals surface area contributed by atoms with Gasteiger partial charge in [-0.3, -0.25) is 24.8 Å². The van der Waals surface area contributed by atoms with Crippen molar-refractivity contribution < 1.29 is 9.72 Å². The van der Waals surface area contributed by atoms with Gasteiger partial charge in [0.05, 0.1) is 27.4 Å². The molecule has 0 N–H and O–H groups in total. The van der Waals surface area contributed by atoms with Crippen LogP contribution in [0.2, 0.25) is 0 Å². The average molecular weight is 488 g/mol. The largest absolute Gasteiger partial charge is 0.366 e. The van der Waals surface area contributed by atoms with E-state index in [0.29, 0.717) is 16.5 Å². The second-order valence-corrected chi connectivity index (χ2v) is 9.65. The highest BCUT2D eigenvalue weighted by atomic mass is 32.1. The first kappa shape index (κ1) is 22.9. The molecule has 0 radical (unpaired) electrons. The fourth-order valence-electron chi connectivity index (χ4n) is 4.43. The maximum atomic E-state index is 13.8. The normalized spacial score (nSPS) is 13.7. The highest BCUT2D eigenvalue weighted by molar-refractivity contribution is 7.22. The Kier molecular flexibility index (Phi) is 6.41. The molecule has 9 heteroatoms. The van der Waals surface area contributed by atoms with E-state index in [1.807, 2.05) is 48.2 Å². The Morgan fingerprint density at radius 1 is 1.11 bits per heavy atom. The van der Waals surface area contributed by atoms with E-state index in [1.165, 1.54) is 17.4 Å². The number of fused-ring (bicyclic) bond motifs is 1. The molecule has 178 valence electrons. The molecule has 3 heterocycles. The zero-order chi connectivity index (χ0) is 24.4. The first-order valence-electron chi connectivity index (χ1n) is 11.6. The Bertz CT molecular complexity index is 1380. The molecular formula is C26H25N5O3S. The van der Waals surface area contributed by atoms with Crippen molar-refractivity contribution >= 4 is 44.0 Å². The van der Waals surface area contributed by atoms with Gasteiger partial charge in [0.2, 0.25) is 0 Å². The summed E-state index contributed by atoms with van der Waals surface area (Å²) in [7, 11) is 0. The molecule has 1 amide bonds. The number of anilines is 2. The van der Waals surface area contributed by atoms with Crippen LogP contribution in [0.15, 0.2) is 60.8 Å². The lowest BCUT2D eigenvalue weighted by Crippen LogP contribution is -2.32. The second kappa shape index (κ2) is 9.79. The Morgan fingerprint density at radius 2 is 1.94 bits per heavy atom. The minimum absolute atomic E-state index is 0.0457. The molecule has 8 nitrogen and oxygen atoms in total. The van der Waals surface area contributed by atoms with Crippen LogP contribution < -0.4 is 9.80 Å².